The van der Waals surface area contributed by atoms with Crippen LogP contribution in [0.2, 0.25) is 5.02 Å². The number of aliphatic imine (C=N–C) groups is 1. The smallest absolute Gasteiger partial charge is 0.193 e. The van der Waals surface area contributed by atoms with Gasteiger partial charge in [0.2, 0.25) is 0 Å². The fourth-order valence-corrected chi connectivity index (χ4v) is 3.99. The molecule has 0 radical (unpaired) electrons. The largest absolute Gasteiger partial charge is 0.385 e. The van der Waals surface area contributed by atoms with Crippen LogP contribution in [0.25, 0.3) is 0 Å². The van der Waals surface area contributed by atoms with Gasteiger partial charge in [0.15, 0.2) is 5.96 Å². The summed E-state index contributed by atoms with van der Waals surface area (Å²) in [4.78, 5) is 6.68. The maximum absolute atomic E-state index is 14.1. The molecule has 5 nitrogen and oxygen atoms in total. The molecular formula is C20H30ClFIN3O2. The van der Waals surface area contributed by atoms with Gasteiger partial charge >= 0.3 is 0 Å². The predicted octanol–water partition coefficient (Wildman–Crippen LogP) is 4.05. The van der Waals surface area contributed by atoms with Crippen LogP contribution in [0.3, 0.4) is 0 Å². The highest BCUT2D eigenvalue weighted by atomic mass is 127. The van der Waals surface area contributed by atoms with E-state index in [2.05, 4.69) is 15.2 Å². The number of likely N-dealkylation sites (tertiary alicyclic amines) is 1. The lowest BCUT2D eigenvalue weighted by molar-refractivity contribution is 0.00989. The van der Waals surface area contributed by atoms with Gasteiger partial charge in [-0.2, -0.15) is 0 Å². The van der Waals surface area contributed by atoms with Crippen molar-refractivity contribution in [2.24, 2.45) is 4.99 Å². The van der Waals surface area contributed by atoms with E-state index in [0.717, 1.165) is 57.9 Å². The molecule has 158 valence electrons. The summed E-state index contributed by atoms with van der Waals surface area (Å²) in [7, 11) is 3.50. The zero-order valence-corrected chi connectivity index (χ0v) is 19.6. The lowest BCUT2D eigenvalue weighted by atomic mass is 10.1. The number of hydrogen-bond donors (Lipinski definition) is 1. The molecule has 2 atom stereocenters. The minimum atomic E-state index is -0.224. The van der Waals surface area contributed by atoms with Crippen LogP contribution in [-0.4, -0.2) is 63.5 Å². The Labute approximate surface area is 189 Å². The molecule has 1 aromatic rings. The van der Waals surface area contributed by atoms with Gasteiger partial charge in [-0.1, -0.05) is 17.7 Å². The molecule has 28 heavy (non-hydrogen) atoms. The normalized spacial score (nSPS) is 22.7. The van der Waals surface area contributed by atoms with Gasteiger partial charge in [0.1, 0.15) is 5.82 Å². The molecular weight excluding hydrogens is 496 g/mol. The van der Waals surface area contributed by atoms with E-state index in [-0.39, 0.29) is 41.8 Å². The maximum atomic E-state index is 14.1. The fraction of sp³-hybridized carbons (Fsp3) is 0.650. The number of piperidine rings is 1. The van der Waals surface area contributed by atoms with Gasteiger partial charge in [0.05, 0.1) is 6.10 Å². The molecule has 1 saturated carbocycles. The Morgan fingerprint density at radius 2 is 2.07 bits per heavy atom. The van der Waals surface area contributed by atoms with Crippen LogP contribution in [0.15, 0.2) is 23.2 Å². The minimum absolute atomic E-state index is 0. The molecule has 0 spiro atoms. The van der Waals surface area contributed by atoms with Gasteiger partial charge in [-0.05, 0) is 37.8 Å². The second kappa shape index (κ2) is 11.5. The van der Waals surface area contributed by atoms with Crippen molar-refractivity contribution in [3.05, 3.63) is 34.6 Å². The molecule has 1 heterocycles. The van der Waals surface area contributed by atoms with Crippen molar-refractivity contribution in [2.75, 3.05) is 40.5 Å². The topological polar surface area (TPSA) is 46.1 Å². The van der Waals surface area contributed by atoms with E-state index in [4.69, 9.17) is 21.1 Å². The molecule has 1 aromatic carbocycles. The van der Waals surface area contributed by atoms with Gasteiger partial charge in [-0.25, -0.2) is 4.39 Å². The van der Waals surface area contributed by atoms with E-state index in [0.29, 0.717) is 16.7 Å². The molecule has 3 rings (SSSR count). The third-order valence-corrected chi connectivity index (χ3v) is 5.60. The summed E-state index contributed by atoms with van der Waals surface area (Å²) in [5, 5.41) is 3.99. The van der Waals surface area contributed by atoms with Crippen molar-refractivity contribution in [1.82, 2.24) is 10.2 Å². The molecule has 0 bridgehead atoms. The van der Waals surface area contributed by atoms with Gasteiger partial charge in [-0.3, -0.25) is 4.99 Å². The van der Waals surface area contributed by atoms with Crippen molar-refractivity contribution in [1.29, 1.82) is 0 Å². The van der Waals surface area contributed by atoms with E-state index >= 15 is 0 Å². The molecule has 1 aliphatic heterocycles. The molecule has 2 aliphatic rings. The van der Waals surface area contributed by atoms with Gasteiger partial charge in [0.25, 0.3) is 0 Å². The lowest BCUT2D eigenvalue weighted by Gasteiger charge is -2.34. The first-order chi connectivity index (χ1) is 13.1. The van der Waals surface area contributed by atoms with Crippen LogP contribution < -0.4 is 5.32 Å². The van der Waals surface area contributed by atoms with E-state index in [1.54, 1.807) is 26.3 Å². The number of guanidine groups is 1. The van der Waals surface area contributed by atoms with Crippen LogP contribution in [0.1, 0.15) is 37.2 Å². The second-order valence-corrected chi connectivity index (χ2v) is 7.59. The Balaban J connectivity index is 0.00000280. The quantitative estimate of drug-likeness (QED) is 0.253. The Kier molecular flexibility index (Phi) is 9.73. The third kappa shape index (κ3) is 6.18. The highest BCUT2D eigenvalue weighted by molar-refractivity contribution is 14.0. The predicted molar refractivity (Wildman–Crippen MR) is 122 cm³/mol. The average molecular weight is 526 g/mol. The molecule has 0 aromatic heterocycles. The van der Waals surface area contributed by atoms with E-state index in [1.807, 2.05) is 0 Å². The number of methoxy groups -OCH3 is 1. The maximum Gasteiger partial charge on any atom is 0.193 e. The Bertz CT molecular complexity index is 636. The molecule has 2 fully saturated rings. The van der Waals surface area contributed by atoms with Crippen LogP contribution in [0, 0.1) is 5.82 Å². The molecule has 1 N–H and O–H groups in total. The number of halogens is 3. The lowest BCUT2D eigenvalue weighted by Crippen LogP contribution is -2.47. The molecule has 1 aliphatic carbocycles. The number of nitrogens with zero attached hydrogens (tertiary/aromatic N) is 2. The summed E-state index contributed by atoms with van der Waals surface area (Å²) in [6.07, 6.45) is 4.09. The first kappa shape index (κ1) is 23.6. The van der Waals surface area contributed by atoms with Crippen molar-refractivity contribution < 1.29 is 13.9 Å². The SMILES string of the molecule is CN=C(NC1CC1c1c(F)cccc1Cl)N1CCC(OCCCOC)CC1.I. The van der Waals surface area contributed by atoms with Crippen molar-refractivity contribution in [3.63, 3.8) is 0 Å². The summed E-state index contributed by atoms with van der Waals surface area (Å²) < 4.78 is 25.1. The number of rotatable bonds is 7. The standard InChI is InChI=1S/C20H29ClFN3O2.HI/c1-23-20(25-9-7-14(8-10-25)27-12-4-11-26-2)24-18-13-15(18)19-16(21)5-3-6-17(19)22;/h3,5-6,14-15,18H,4,7-13H2,1-2H3,(H,23,24);1H. The fourth-order valence-electron chi connectivity index (χ4n) is 3.69. The summed E-state index contributed by atoms with van der Waals surface area (Å²) in [5.41, 5.74) is 0.621. The zero-order valence-electron chi connectivity index (χ0n) is 16.5. The highest BCUT2D eigenvalue weighted by Gasteiger charge is 2.42. The Hall–Kier alpha value is -0.640. The van der Waals surface area contributed by atoms with Crippen LogP contribution in [0.5, 0.6) is 0 Å². The Morgan fingerprint density at radius 1 is 1.32 bits per heavy atom. The van der Waals surface area contributed by atoms with Crippen molar-refractivity contribution in [3.8, 4) is 0 Å². The van der Waals surface area contributed by atoms with Crippen molar-refractivity contribution >= 4 is 41.5 Å². The zero-order chi connectivity index (χ0) is 19.2. The van der Waals surface area contributed by atoms with Gasteiger partial charge in [0, 0.05) is 63.0 Å². The van der Waals surface area contributed by atoms with Crippen LogP contribution >= 0.6 is 35.6 Å². The third-order valence-electron chi connectivity index (χ3n) is 5.28. The molecule has 1 saturated heterocycles. The minimum Gasteiger partial charge on any atom is -0.385 e. The first-order valence-corrected chi connectivity index (χ1v) is 10.0. The summed E-state index contributed by atoms with van der Waals surface area (Å²) >= 11 is 6.20. The van der Waals surface area contributed by atoms with E-state index in [9.17, 15) is 4.39 Å². The number of nitrogens with one attached hydrogen (secondary N) is 1. The number of benzene rings is 1. The van der Waals surface area contributed by atoms with Gasteiger partial charge < -0.3 is 19.7 Å². The van der Waals surface area contributed by atoms with Crippen molar-refractivity contribution in [2.45, 2.75) is 43.7 Å². The number of hydrogen-bond acceptors (Lipinski definition) is 3. The Morgan fingerprint density at radius 3 is 2.71 bits per heavy atom. The molecule has 0 amide bonds. The van der Waals surface area contributed by atoms with E-state index < -0.39 is 0 Å². The summed E-state index contributed by atoms with van der Waals surface area (Å²) in [6.45, 7) is 3.31. The second-order valence-electron chi connectivity index (χ2n) is 7.18. The van der Waals surface area contributed by atoms with Gasteiger partial charge in [-0.15, -0.1) is 24.0 Å². The highest BCUT2D eigenvalue weighted by Crippen LogP contribution is 2.45. The van der Waals surface area contributed by atoms with E-state index in [1.165, 1.54) is 6.07 Å². The summed E-state index contributed by atoms with van der Waals surface area (Å²) in [5.74, 6) is 0.767. The van der Waals surface area contributed by atoms with Crippen LogP contribution in [-0.2, 0) is 9.47 Å². The molecule has 8 heteroatoms. The van der Waals surface area contributed by atoms with Crippen LogP contribution in [0.4, 0.5) is 4.39 Å². The monoisotopic (exact) mass is 525 g/mol. The number of ether oxygens (including phenoxy) is 2. The first-order valence-electron chi connectivity index (χ1n) is 9.66. The summed E-state index contributed by atoms with van der Waals surface area (Å²) in [6, 6.07) is 5.05. The average Bonchev–Trinajstić information content (AvgIpc) is 3.42. The molecule has 2 unspecified atom stereocenters.